The Morgan fingerprint density at radius 1 is 1.43 bits per heavy atom. The average molecular weight is 227 g/mol. The third kappa shape index (κ3) is 1.72. The van der Waals surface area contributed by atoms with Crippen molar-refractivity contribution in [2.24, 2.45) is 0 Å². The molecule has 0 amide bonds. The van der Waals surface area contributed by atoms with Gasteiger partial charge < -0.3 is 4.42 Å². The van der Waals surface area contributed by atoms with Gasteiger partial charge in [0.2, 0.25) is 0 Å². The minimum absolute atomic E-state index is 0.0764. The lowest BCUT2D eigenvalue weighted by Gasteiger charge is -2.05. The summed E-state index contributed by atoms with van der Waals surface area (Å²) in [5, 5.41) is -0.0764. The Morgan fingerprint density at radius 2 is 2.21 bits per heavy atom. The third-order valence-electron chi connectivity index (χ3n) is 2.15. The standard InChI is InChI=1S/C11H11ClOS/c1-7-5-8(2)14-11(7)10(12)9-3-4-13-6-9/h3-6,10H,1-2H3. The van der Waals surface area contributed by atoms with E-state index in [9.17, 15) is 0 Å². The Labute approximate surface area is 92.3 Å². The Balaban J connectivity index is 2.36. The van der Waals surface area contributed by atoms with Crippen LogP contribution in [-0.4, -0.2) is 0 Å². The van der Waals surface area contributed by atoms with Crippen LogP contribution in [0.4, 0.5) is 0 Å². The fourth-order valence-electron chi connectivity index (χ4n) is 1.48. The maximum absolute atomic E-state index is 6.34. The van der Waals surface area contributed by atoms with Crippen molar-refractivity contribution in [2.45, 2.75) is 19.2 Å². The molecule has 14 heavy (non-hydrogen) atoms. The normalized spacial score (nSPS) is 13.1. The SMILES string of the molecule is Cc1cc(C)c(C(Cl)c2ccoc2)s1. The molecule has 2 rings (SSSR count). The molecule has 2 aromatic heterocycles. The van der Waals surface area contributed by atoms with Crippen LogP contribution in [0.25, 0.3) is 0 Å². The molecule has 2 heterocycles. The predicted octanol–water partition coefficient (Wildman–Crippen LogP) is 4.29. The smallest absolute Gasteiger partial charge is 0.0961 e. The van der Waals surface area contributed by atoms with Crippen molar-refractivity contribution in [1.82, 2.24) is 0 Å². The van der Waals surface area contributed by atoms with Gasteiger partial charge in [0.25, 0.3) is 0 Å². The molecule has 1 unspecified atom stereocenters. The molecule has 1 atom stereocenters. The molecule has 0 aliphatic heterocycles. The highest BCUT2D eigenvalue weighted by atomic mass is 35.5. The Bertz CT molecular complexity index is 416. The first-order valence-electron chi connectivity index (χ1n) is 4.41. The average Bonchev–Trinajstić information content (AvgIpc) is 2.73. The zero-order chi connectivity index (χ0) is 10.1. The van der Waals surface area contributed by atoms with Gasteiger partial charge in [0.1, 0.15) is 0 Å². The second-order valence-electron chi connectivity index (χ2n) is 3.32. The quantitative estimate of drug-likeness (QED) is 0.697. The molecule has 0 aliphatic carbocycles. The van der Waals surface area contributed by atoms with Crippen molar-refractivity contribution in [3.63, 3.8) is 0 Å². The van der Waals surface area contributed by atoms with E-state index in [4.69, 9.17) is 16.0 Å². The van der Waals surface area contributed by atoms with E-state index in [1.165, 1.54) is 15.3 Å². The maximum Gasteiger partial charge on any atom is 0.0961 e. The first-order chi connectivity index (χ1) is 6.68. The summed E-state index contributed by atoms with van der Waals surface area (Å²) in [6.45, 7) is 4.19. The summed E-state index contributed by atoms with van der Waals surface area (Å²) in [7, 11) is 0. The molecule has 0 aromatic carbocycles. The van der Waals surface area contributed by atoms with Crippen molar-refractivity contribution in [3.05, 3.63) is 45.5 Å². The van der Waals surface area contributed by atoms with Crippen molar-refractivity contribution in [3.8, 4) is 0 Å². The molecule has 0 bridgehead atoms. The summed E-state index contributed by atoms with van der Waals surface area (Å²) in [4.78, 5) is 2.51. The topological polar surface area (TPSA) is 13.1 Å². The van der Waals surface area contributed by atoms with Gasteiger partial charge in [-0.3, -0.25) is 0 Å². The lowest BCUT2D eigenvalue weighted by Crippen LogP contribution is -1.88. The van der Waals surface area contributed by atoms with Crippen LogP contribution >= 0.6 is 22.9 Å². The van der Waals surface area contributed by atoms with E-state index < -0.39 is 0 Å². The number of furan rings is 1. The van der Waals surface area contributed by atoms with E-state index in [-0.39, 0.29) is 5.38 Å². The molecular formula is C11H11ClOS. The monoisotopic (exact) mass is 226 g/mol. The fraction of sp³-hybridized carbons (Fsp3) is 0.273. The van der Waals surface area contributed by atoms with Crippen molar-refractivity contribution in [2.75, 3.05) is 0 Å². The summed E-state index contributed by atoms with van der Waals surface area (Å²) < 4.78 is 5.02. The molecule has 0 saturated carbocycles. The summed E-state index contributed by atoms with van der Waals surface area (Å²) in [6.07, 6.45) is 3.35. The van der Waals surface area contributed by atoms with Gasteiger partial charge in [-0.15, -0.1) is 22.9 Å². The van der Waals surface area contributed by atoms with E-state index in [1.54, 1.807) is 23.9 Å². The maximum atomic E-state index is 6.34. The van der Waals surface area contributed by atoms with Crippen LogP contribution in [0.15, 0.2) is 29.1 Å². The molecule has 3 heteroatoms. The van der Waals surface area contributed by atoms with Gasteiger partial charge in [0.15, 0.2) is 0 Å². The number of halogens is 1. The molecule has 0 fully saturated rings. The van der Waals surface area contributed by atoms with Gasteiger partial charge in [0, 0.05) is 15.3 Å². The van der Waals surface area contributed by atoms with E-state index in [1.807, 2.05) is 6.07 Å². The van der Waals surface area contributed by atoms with E-state index in [0.29, 0.717) is 0 Å². The largest absolute Gasteiger partial charge is 0.472 e. The highest BCUT2D eigenvalue weighted by molar-refractivity contribution is 7.12. The molecule has 2 aromatic rings. The van der Waals surface area contributed by atoms with E-state index >= 15 is 0 Å². The van der Waals surface area contributed by atoms with Gasteiger partial charge in [-0.25, -0.2) is 0 Å². The number of hydrogen-bond donors (Lipinski definition) is 0. The second kappa shape index (κ2) is 3.79. The number of rotatable bonds is 2. The Hall–Kier alpha value is -0.730. The molecule has 1 nitrogen and oxygen atoms in total. The lowest BCUT2D eigenvalue weighted by molar-refractivity contribution is 0.564. The third-order valence-corrected chi connectivity index (χ3v) is 3.96. The zero-order valence-corrected chi connectivity index (χ0v) is 9.65. The first kappa shape index (κ1) is 9.81. The fourth-order valence-corrected chi connectivity index (χ4v) is 2.95. The van der Waals surface area contributed by atoms with Crippen molar-refractivity contribution < 1.29 is 4.42 Å². The predicted molar refractivity (Wildman–Crippen MR) is 60.2 cm³/mol. The van der Waals surface area contributed by atoms with Crippen molar-refractivity contribution >= 4 is 22.9 Å². The second-order valence-corrected chi connectivity index (χ2v) is 5.05. The van der Waals surface area contributed by atoms with Crippen LogP contribution in [0, 0.1) is 13.8 Å². The molecule has 0 radical (unpaired) electrons. The summed E-state index contributed by atoms with van der Waals surface area (Å²) >= 11 is 8.09. The highest BCUT2D eigenvalue weighted by Crippen LogP contribution is 2.36. The number of hydrogen-bond acceptors (Lipinski definition) is 2. The molecular weight excluding hydrogens is 216 g/mol. The Morgan fingerprint density at radius 3 is 2.71 bits per heavy atom. The molecule has 0 N–H and O–H groups in total. The van der Waals surface area contributed by atoms with E-state index in [0.717, 1.165) is 5.56 Å². The van der Waals surface area contributed by atoms with Crippen LogP contribution in [0.2, 0.25) is 0 Å². The molecule has 74 valence electrons. The van der Waals surface area contributed by atoms with Crippen LogP contribution in [0.5, 0.6) is 0 Å². The van der Waals surface area contributed by atoms with Gasteiger partial charge in [-0.05, 0) is 31.5 Å². The van der Waals surface area contributed by atoms with Crippen LogP contribution in [-0.2, 0) is 0 Å². The van der Waals surface area contributed by atoms with Crippen LogP contribution < -0.4 is 0 Å². The number of aryl methyl sites for hydroxylation is 2. The minimum Gasteiger partial charge on any atom is -0.472 e. The minimum atomic E-state index is -0.0764. The molecule has 0 saturated heterocycles. The number of alkyl halides is 1. The lowest BCUT2D eigenvalue weighted by atomic mass is 10.1. The summed E-state index contributed by atoms with van der Waals surface area (Å²) in [6, 6.07) is 4.07. The van der Waals surface area contributed by atoms with E-state index in [2.05, 4.69) is 19.9 Å². The van der Waals surface area contributed by atoms with Gasteiger partial charge in [-0.2, -0.15) is 0 Å². The molecule has 0 spiro atoms. The molecule has 0 aliphatic rings. The highest BCUT2D eigenvalue weighted by Gasteiger charge is 2.16. The summed E-state index contributed by atoms with van der Waals surface area (Å²) in [5.41, 5.74) is 2.28. The zero-order valence-electron chi connectivity index (χ0n) is 8.08. The Kier molecular flexibility index (Phi) is 2.66. The van der Waals surface area contributed by atoms with Gasteiger partial charge in [-0.1, -0.05) is 0 Å². The van der Waals surface area contributed by atoms with Crippen molar-refractivity contribution in [1.29, 1.82) is 0 Å². The summed E-state index contributed by atoms with van der Waals surface area (Å²) in [5.74, 6) is 0. The number of thiophene rings is 1. The van der Waals surface area contributed by atoms with Crippen LogP contribution in [0.1, 0.15) is 26.3 Å². The first-order valence-corrected chi connectivity index (χ1v) is 5.67. The van der Waals surface area contributed by atoms with Gasteiger partial charge in [0.05, 0.1) is 17.9 Å². The van der Waals surface area contributed by atoms with Gasteiger partial charge >= 0.3 is 0 Å². The van der Waals surface area contributed by atoms with Crippen LogP contribution in [0.3, 0.4) is 0 Å².